The molecule has 8 heteroatoms. The van der Waals surface area contributed by atoms with Crippen molar-refractivity contribution >= 4 is 23.0 Å². The van der Waals surface area contributed by atoms with Gasteiger partial charge in [0.05, 0.1) is 22.9 Å². The van der Waals surface area contributed by atoms with Crippen LogP contribution in [0.5, 0.6) is 0 Å². The summed E-state index contributed by atoms with van der Waals surface area (Å²) < 4.78 is 13.4. The van der Waals surface area contributed by atoms with Crippen molar-refractivity contribution in [2.24, 2.45) is 0 Å². The molecule has 1 fully saturated rings. The summed E-state index contributed by atoms with van der Waals surface area (Å²) in [5, 5.41) is 24.5. The van der Waals surface area contributed by atoms with Crippen LogP contribution < -0.4 is 5.32 Å². The molecule has 1 aromatic carbocycles. The molecule has 1 aliphatic carbocycles. The number of rotatable bonds is 4. The molecule has 2 aromatic heterocycles. The molecule has 3 N–H and O–H groups in total. The van der Waals surface area contributed by atoms with E-state index < -0.39 is 11.4 Å². The summed E-state index contributed by atoms with van der Waals surface area (Å²) in [6.45, 7) is 3.58. The lowest BCUT2D eigenvalue weighted by Crippen LogP contribution is -2.33. The van der Waals surface area contributed by atoms with Crippen molar-refractivity contribution in [2.45, 2.75) is 51.2 Å². The molecule has 0 spiro atoms. The van der Waals surface area contributed by atoms with Crippen LogP contribution in [0.3, 0.4) is 0 Å². The first-order chi connectivity index (χ1) is 13.8. The van der Waals surface area contributed by atoms with Gasteiger partial charge in [0, 0.05) is 11.9 Å². The Kier molecular flexibility index (Phi) is 5.33. The molecule has 4 rings (SSSR count). The minimum atomic E-state index is -0.966. The zero-order valence-electron chi connectivity index (χ0n) is 16.3. The van der Waals surface area contributed by atoms with Gasteiger partial charge in [-0.3, -0.25) is 0 Å². The van der Waals surface area contributed by atoms with Crippen LogP contribution in [0.2, 0.25) is 0 Å². The molecule has 1 saturated carbocycles. The van der Waals surface area contributed by atoms with Gasteiger partial charge in [-0.1, -0.05) is 6.07 Å². The van der Waals surface area contributed by atoms with E-state index in [1.165, 1.54) is 11.3 Å². The third-order valence-corrected chi connectivity index (χ3v) is 6.46. The van der Waals surface area contributed by atoms with Crippen molar-refractivity contribution < 1.29 is 14.6 Å². The van der Waals surface area contributed by atoms with Crippen LogP contribution in [0.15, 0.2) is 30.6 Å². The van der Waals surface area contributed by atoms with E-state index in [0.717, 1.165) is 27.9 Å². The quantitative estimate of drug-likeness (QED) is 0.592. The lowest BCUT2D eigenvalue weighted by atomic mass is 9.84. The Labute approximate surface area is 172 Å². The highest BCUT2D eigenvalue weighted by Crippen LogP contribution is 2.41. The number of halogens is 1. The first kappa shape index (κ1) is 19.9. The van der Waals surface area contributed by atoms with E-state index in [9.17, 15) is 14.6 Å². The number of hydrogen-bond donors (Lipinski definition) is 3. The van der Waals surface area contributed by atoms with Crippen LogP contribution in [0.25, 0.3) is 10.4 Å². The van der Waals surface area contributed by atoms with Crippen molar-refractivity contribution in [1.82, 2.24) is 15.0 Å². The molecule has 29 heavy (non-hydrogen) atoms. The highest BCUT2D eigenvalue weighted by atomic mass is 32.1. The normalized spacial score (nSPS) is 21.9. The number of nitrogens with one attached hydrogen (secondary N) is 1. The third-order valence-electron chi connectivity index (χ3n) is 5.22. The van der Waals surface area contributed by atoms with Crippen molar-refractivity contribution in [3.8, 4) is 10.4 Å². The second kappa shape index (κ2) is 7.78. The van der Waals surface area contributed by atoms with Crippen molar-refractivity contribution in [1.29, 1.82) is 0 Å². The Hall–Kier alpha value is -2.42. The number of nitrogens with zero attached hydrogens (tertiary/aromatic N) is 3. The number of benzene rings is 1. The van der Waals surface area contributed by atoms with Gasteiger partial charge in [0.25, 0.3) is 0 Å². The lowest BCUT2D eigenvalue weighted by Gasteiger charge is -2.32. The maximum atomic E-state index is 13.4. The van der Waals surface area contributed by atoms with Gasteiger partial charge in [0.1, 0.15) is 10.6 Å². The fraction of sp³-hybridized carbons (Fsp3) is 0.381. The summed E-state index contributed by atoms with van der Waals surface area (Å²) in [6.07, 6.45) is 4.80. The maximum absolute atomic E-state index is 13.4. The van der Waals surface area contributed by atoms with E-state index in [1.54, 1.807) is 13.1 Å². The summed E-state index contributed by atoms with van der Waals surface area (Å²) in [5.41, 5.74) is 2.12. The van der Waals surface area contributed by atoms with Crippen LogP contribution in [0.4, 0.5) is 16.0 Å². The summed E-state index contributed by atoms with van der Waals surface area (Å²) in [6, 6.07) is 5.97. The number of aliphatic hydroxyl groups excluding tert-OH is 1. The second-order valence-corrected chi connectivity index (χ2v) is 8.66. The molecular formula is C21H23FN4O2S. The minimum absolute atomic E-state index is 0.285. The van der Waals surface area contributed by atoms with Crippen LogP contribution in [-0.2, 0) is 5.60 Å². The molecule has 0 aliphatic heterocycles. The summed E-state index contributed by atoms with van der Waals surface area (Å²) in [4.78, 5) is 13.5. The molecule has 6 nitrogen and oxygen atoms in total. The zero-order valence-corrected chi connectivity index (χ0v) is 17.1. The predicted octanol–water partition coefficient (Wildman–Crippen LogP) is 4.22. The molecular weight excluding hydrogens is 391 g/mol. The Balaban J connectivity index is 1.59. The fourth-order valence-corrected chi connectivity index (χ4v) is 4.60. The van der Waals surface area contributed by atoms with E-state index in [-0.39, 0.29) is 11.8 Å². The van der Waals surface area contributed by atoms with Gasteiger partial charge in [-0.05, 0) is 62.8 Å². The molecule has 0 radical (unpaired) electrons. The summed E-state index contributed by atoms with van der Waals surface area (Å²) >= 11 is 1.47. The minimum Gasteiger partial charge on any atom is -0.393 e. The van der Waals surface area contributed by atoms with Gasteiger partial charge >= 0.3 is 0 Å². The molecule has 2 heterocycles. The Morgan fingerprint density at radius 3 is 2.62 bits per heavy atom. The largest absolute Gasteiger partial charge is 0.393 e. The van der Waals surface area contributed by atoms with Crippen LogP contribution >= 0.6 is 11.3 Å². The molecule has 1 aliphatic rings. The van der Waals surface area contributed by atoms with E-state index in [0.29, 0.717) is 36.6 Å². The van der Waals surface area contributed by atoms with Crippen LogP contribution in [-0.4, -0.2) is 31.3 Å². The number of aryl methyl sites for hydroxylation is 2. The Morgan fingerprint density at radius 1 is 1.14 bits per heavy atom. The van der Waals surface area contributed by atoms with Crippen molar-refractivity contribution in [3.05, 3.63) is 52.7 Å². The topological polar surface area (TPSA) is 91.2 Å². The number of thiazole rings is 1. The van der Waals surface area contributed by atoms with Gasteiger partial charge in [0.15, 0.2) is 5.82 Å². The first-order valence-electron chi connectivity index (χ1n) is 9.57. The first-order valence-corrected chi connectivity index (χ1v) is 10.4. The molecule has 3 aromatic rings. The predicted molar refractivity (Wildman–Crippen MR) is 111 cm³/mol. The molecule has 0 bridgehead atoms. The SMILES string of the molecule is Cc1cc(Nc2ncc(F)c(C)n2)cc(-c2cnc([C@]3(O)CC[C@H](O)CC3)s2)c1. The smallest absolute Gasteiger partial charge is 0.227 e. The Bertz CT molecular complexity index is 1030. The van der Waals surface area contributed by atoms with E-state index in [4.69, 9.17) is 0 Å². The highest BCUT2D eigenvalue weighted by Gasteiger charge is 2.36. The monoisotopic (exact) mass is 414 g/mol. The average Bonchev–Trinajstić information content (AvgIpc) is 3.18. The van der Waals surface area contributed by atoms with E-state index in [1.807, 2.05) is 25.1 Å². The van der Waals surface area contributed by atoms with Crippen LogP contribution in [0, 0.1) is 19.7 Å². The number of hydrogen-bond acceptors (Lipinski definition) is 7. The van der Waals surface area contributed by atoms with Gasteiger partial charge in [0.2, 0.25) is 5.95 Å². The zero-order chi connectivity index (χ0) is 20.6. The summed E-state index contributed by atoms with van der Waals surface area (Å²) in [7, 11) is 0. The number of aliphatic hydroxyl groups is 2. The second-order valence-electron chi connectivity index (χ2n) is 7.63. The fourth-order valence-electron chi connectivity index (χ4n) is 3.56. The molecule has 0 unspecified atom stereocenters. The van der Waals surface area contributed by atoms with E-state index in [2.05, 4.69) is 20.3 Å². The van der Waals surface area contributed by atoms with Crippen molar-refractivity contribution in [3.63, 3.8) is 0 Å². The third kappa shape index (κ3) is 4.29. The summed E-state index contributed by atoms with van der Waals surface area (Å²) in [5.74, 6) is -0.105. The van der Waals surface area contributed by atoms with E-state index >= 15 is 0 Å². The number of anilines is 2. The molecule has 0 atom stereocenters. The van der Waals surface area contributed by atoms with Gasteiger partial charge in [-0.25, -0.2) is 19.3 Å². The van der Waals surface area contributed by atoms with Crippen LogP contribution in [0.1, 0.15) is 41.9 Å². The molecule has 152 valence electrons. The molecule has 0 amide bonds. The van der Waals surface area contributed by atoms with Gasteiger partial charge in [-0.2, -0.15) is 0 Å². The Morgan fingerprint density at radius 2 is 1.90 bits per heavy atom. The maximum Gasteiger partial charge on any atom is 0.227 e. The lowest BCUT2D eigenvalue weighted by molar-refractivity contribution is -0.0362. The number of aromatic nitrogens is 3. The standard InChI is InChI=1S/C21H23FN4O2S/c1-12-7-14(9-15(8-12)26-20-24-10-17(22)13(2)25-20)18-11-23-19(29-18)21(28)5-3-16(27)4-6-21/h7-11,16,27-28H,3-6H2,1-2H3,(H,24,25,26)/t16-,21-. The average molecular weight is 415 g/mol. The molecule has 0 saturated heterocycles. The van der Waals surface area contributed by atoms with Gasteiger partial charge < -0.3 is 15.5 Å². The van der Waals surface area contributed by atoms with Gasteiger partial charge in [-0.15, -0.1) is 11.3 Å². The van der Waals surface area contributed by atoms with Crippen molar-refractivity contribution in [2.75, 3.05) is 5.32 Å². The highest BCUT2D eigenvalue weighted by molar-refractivity contribution is 7.15.